The van der Waals surface area contributed by atoms with Crippen LogP contribution in [-0.4, -0.2) is 12.6 Å². The molecule has 0 bridgehead atoms. The van der Waals surface area contributed by atoms with Gasteiger partial charge in [-0.05, 0) is 63.2 Å². The molecule has 0 radical (unpaired) electrons. The van der Waals surface area contributed by atoms with Crippen LogP contribution in [0.3, 0.4) is 0 Å². The van der Waals surface area contributed by atoms with Crippen LogP contribution in [0.4, 0.5) is 0 Å². The van der Waals surface area contributed by atoms with Gasteiger partial charge in [0.25, 0.3) is 0 Å². The Morgan fingerprint density at radius 1 is 0.950 bits per heavy atom. The van der Waals surface area contributed by atoms with E-state index in [0.717, 1.165) is 37.5 Å². The topological polar surface area (TPSA) is 26.3 Å². The molecule has 2 nitrogen and oxygen atoms in total. The molecule has 2 heteroatoms. The third-order valence-electron chi connectivity index (χ3n) is 5.11. The fraction of sp³-hybridized carbons (Fsp3) is 0.833. The zero-order valence-electron chi connectivity index (χ0n) is 13.1. The fourth-order valence-electron chi connectivity index (χ4n) is 3.60. The second-order valence-electron chi connectivity index (χ2n) is 6.77. The van der Waals surface area contributed by atoms with Crippen molar-refractivity contribution in [1.29, 1.82) is 0 Å². The van der Waals surface area contributed by atoms with Gasteiger partial charge in [0.1, 0.15) is 0 Å². The molecule has 0 N–H and O–H groups in total. The molecule has 0 aromatic carbocycles. The first-order valence-electron chi connectivity index (χ1n) is 8.54. The summed E-state index contributed by atoms with van der Waals surface area (Å²) in [5, 5.41) is 0. The molecule has 20 heavy (non-hydrogen) atoms. The van der Waals surface area contributed by atoms with E-state index in [1.165, 1.54) is 25.7 Å². The Morgan fingerprint density at radius 3 is 1.95 bits per heavy atom. The van der Waals surface area contributed by atoms with Crippen molar-refractivity contribution in [2.45, 2.75) is 65.2 Å². The maximum absolute atomic E-state index is 11.7. The van der Waals surface area contributed by atoms with E-state index < -0.39 is 0 Å². The van der Waals surface area contributed by atoms with Crippen LogP contribution in [0.1, 0.15) is 65.2 Å². The average molecular weight is 278 g/mol. The number of ether oxygens (including phenoxy) is 1. The van der Waals surface area contributed by atoms with E-state index in [1.807, 2.05) is 6.92 Å². The first kappa shape index (κ1) is 15.6. The molecule has 2 fully saturated rings. The van der Waals surface area contributed by atoms with E-state index in [1.54, 1.807) is 0 Å². The van der Waals surface area contributed by atoms with Gasteiger partial charge in [-0.15, -0.1) is 0 Å². The van der Waals surface area contributed by atoms with Gasteiger partial charge in [-0.1, -0.05) is 31.9 Å². The van der Waals surface area contributed by atoms with Gasteiger partial charge in [0, 0.05) is 0 Å². The minimum Gasteiger partial charge on any atom is -0.466 e. The number of allylic oxidation sites excluding steroid dienone is 2. The molecule has 114 valence electrons. The lowest BCUT2D eigenvalue weighted by atomic mass is 9.79. The van der Waals surface area contributed by atoms with Gasteiger partial charge >= 0.3 is 5.97 Å². The standard InChI is InChI=1S/C18H30O2/c1-3-20-18(19)17-12-10-16(11-13-17)9-8-15-6-4-14(2)5-7-15/h8-9,14-17H,3-7,10-13H2,1-2H3. The van der Waals surface area contributed by atoms with Gasteiger partial charge < -0.3 is 4.74 Å². The lowest BCUT2D eigenvalue weighted by Crippen LogP contribution is -2.23. The monoisotopic (exact) mass is 278 g/mol. The van der Waals surface area contributed by atoms with E-state index in [9.17, 15) is 4.79 Å². The molecule has 0 atom stereocenters. The molecule has 0 aromatic rings. The zero-order chi connectivity index (χ0) is 14.4. The van der Waals surface area contributed by atoms with E-state index in [-0.39, 0.29) is 11.9 Å². The molecular weight excluding hydrogens is 248 g/mol. The molecule has 0 aliphatic heterocycles. The molecule has 0 saturated heterocycles. The molecule has 0 spiro atoms. The number of carbonyl (C=O) groups is 1. The summed E-state index contributed by atoms with van der Waals surface area (Å²) in [6.07, 6.45) is 14.8. The number of hydrogen-bond acceptors (Lipinski definition) is 2. The Morgan fingerprint density at radius 2 is 1.45 bits per heavy atom. The lowest BCUT2D eigenvalue weighted by molar-refractivity contribution is -0.149. The zero-order valence-corrected chi connectivity index (χ0v) is 13.1. The van der Waals surface area contributed by atoms with Crippen LogP contribution in [-0.2, 0) is 9.53 Å². The number of carbonyl (C=O) groups excluding carboxylic acids is 1. The van der Waals surface area contributed by atoms with Crippen LogP contribution in [0, 0.1) is 23.7 Å². The van der Waals surface area contributed by atoms with Crippen molar-refractivity contribution in [2.75, 3.05) is 6.61 Å². The molecule has 2 aliphatic carbocycles. The van der Waals surface area contributed by atoms with E-state index in [0.29, 0.717) is 12.5 Å². The van der Waals surface area contributed by atoms with Crippen LogP contribution in [0.2, 0.25) is 0 Å². The molecule has 0 aromatic heterocycles. The highest BCUT2D eigenvalue weighted by atomic mass is 16.5. The highest BCUT2D eigenvalue weighted by Gasteiger charge is 2.26. The van der Waals surface area contributed by atoms with Gasteiger partial charge in [0.15, 0.2) is 0 Å². The summed E-state index contributed by atoms with van der Waals surface area (Å²) in [4.78, 5) is 11.7. The van der Waals surface area contributed by atoms with Gasteiger partial charge in [-0.3, -0.25) is 4.79 Å². The van der Waals surface area contributed by atoms with Crippen LogP contribution in [0.15, 0.2) is 12.2 Å². The Labute approximate surface area is 124 Å². The molecule has 2 rings (SSSR count). The third-order valence-corrected chi connectivity index (χ3v) is 5.11. The molecule has 2 saturated carbocycles. The van der Waals surface area contributed by atoms with Crippen molar-refractivity contribution in [3.05, 3.63) is 12.2 Å². The van der Waals surface area contributed by atoms with Gasteiger partial charge in [-0.2, -0.15) is 0 Å². The van der Waals surface area contributed by atoms with E-state index in [2.05, 4.69) is 19.1 Å². The van der Waals surface area contributed by atoms with Crippen molar-refractivity contribution in [1.82, 2.24) is 0 Å². The number of rotatable bonds is 4. The van der Waals surface area contributed by atoms with Gasteiger partial charge in [0.2, 0.25) is 0 Å². The lowest BCUT2D eigenvalue weighted by Gasteiger charge is -2.27. The van der Waals surface area contributed by atoms with Crippen LogP contribution >= 0.6 is 0 Å². The van der Waals surface area contributed by atoms with E-state index in [4.69, 9.17) is 4.74 Å². The predicted molar refractivity (Wildman–Crippen MR) is 82.3 cm³/mol. The number of hydrogen-bond donors (Lipinski definition) is 0. The molecule has 0 amide bonds. The summed E-state index contributed by atoms with van der Waals surface area (Å²) < 4.78 is 5.12. The minimum atomic E-state index is 0.0243. The summed E-state index contributed by atoms with van der Waals surface area (Å²) in [7, 11) is 0. The first-order chi connectivity index (χ1) is 9.69. The SMILES string of the molecule is CCOC(=O)C1CCC(C=CC2CCC(C)CC2)CC1. The molecule has 2 aliphatic rings. The maximum Gasteiger partial charge on any atom is 0.308 e. The summed E-state index contributed by atoms with van der Waals surface area (Å²) in [6, 6.07) is 0. The van der Waals surface area contributed by atoms with Gasteiger partial charge in [-0.25, -0.2) is 0 Å². The second-order valence-corrected chi connectivity index (χ2v) is 6.77. The summed E-state index contributed by atoms with van der Waals surface area (Å²) >= 11 is 0. The smallest absolute Gasteiger partial charge is 0.308 e. The van der Waals surface area contributed by atoms with Crippen LogP contribution < -0.4 is 0 Å². The van der Waals surface area contributed by atoms with Crippen LogP contribution in [0.25, 0.3) is 0 Å². The van der Waals surface area contributed by atoms with Crippen molar-refractivity contribution >= 4 is 5.97 Å². The van der Waals surface area contributed by atoms with Crippen molar-refractivity contribution in [3.8, 4) is 0 Å². The van der Waals surface area contributed by atoms with Crippen molar-refractivity contribution in [2.24, 2.45) is 23.7 Å². The summed E-state index contributed by atoms with van der Waals surface area (Å²) in [6.45, 7) is 4.77. The van der Waals surface area contributed by atoms with Gasteiger partial charge in [0.05, 0.1) is 12.5 Å². The first-order valence-corrected chi connectivity index (χ1v) is 8.54. The molecular formula is C18H30O2. The highest BCUT2D eigenvalue weighted by Crippen LogP contribution is 2.33. The molecule has 0 heterocycles. The normalized spacial score (nSPS) is 35.1. The maximum atomic E-state index is 11.7. The summed E-state index contributed by atoms with van der Waals surface area (Å²) in [5.74, 6) is 2.63. The number of esters is 1. The van der Waals surface area contributed by atoms with Crippen molar-refractivity contribution < 1.29 is 9.53 Å². The minimum absolute atomic E-state index is 0.0243. The Balaban J connectivity index is 1.70. The Kier molecular flexibility index (Phi) is 6.12. The Hall–Kier alpha value is -0.790. The van der Waals surface area contributed by atoms with E-state index >= 15 is 0 Å². The molecule has 0 unspecified atom stereocenters. The highest BCUT2D eigenvalue weighted by molar-refractivity contribution is 5.72. The van der Waals surface area contributed by atoms with Crippen molar-refractivity contribution in [3.63, 3.8) is 0 Å². The largest absolute Gasteiger partial charge is 0.466 e. The third kappa shape index (κ3) is 4.64. The predicted octanol–water partition coefficient (Wildman–Crippen LogP) is 4.74. The second kappa shape index (κ2) is 7.85. The Bertz CT molecular complexity index is 318. The quantitative estimate of drug-likeness (QED) is 0.548. The average Bonchev–Trinajstić information content (AvgIpc) is 2.47. The summed E-state index contributed by atoms with van der Waals surface area (Å²) in [5.41, 5.74) is 0. The van der Waals surface area contributed by atoms with Crippen LogP contribution in [0.5, 0.6) is 0 Å². The fourth-order valence-corrected chi connectivity index (χ4v) is 3.60.